The molecule has 2 aromatic rings. The van der Waals surface area contributed by atoms with Gasteiger partial charge in [0.05, 0.1) is 10.6 Å². The van der Waals surface area contributed by atoms with Gasteiger partial charge in [-0.3, -0.25) is 4.31 Å². The molecule has 1 aliphatic rings. The summed E-state index contributed by atoms with van der Waals surface area (Å²) in [4.78, 5) is 0.133. The molecule has 4 atom stereocenters. The standard InChI is InChI=1S/C23H31NO7S/c1-14(2)12-24(19-10-5-15(3)11-16(19)4)32(28,29)18-8-6-17(7-9-18)30-13-20-21(25)22(26)23(27)31-20/h5-11,14,20-23,25-27H,12-13H2,1-4H3/t20?,21-,22+,23?/m0/s1. The molecule has 1 heterocycles. The summed E-state index contributed by atoms with van der Waals surface area (Å²) >= 11 is 0. The lowest BCUT2D eigenvalue weighted by Crippen LogP contribution is -2.35. The maximum Gasteiger partial charge on any atom is 0.264 e. The van der Waals surface area contributed by atoms with Gasteiger partial charge in [0.15, 0.2) is 6.29 Å². The number of anilines is 1. The predicted octanol–water partition coefficient (Wildman–Crippen LogP) is 1.97. The Bertz CT molecular complexity index is 1020. The van der Waals surface area contributed by atoms with Crippen LogP contribution >= 0.6 is 0 Å². The van der Waals surface area contributed by atoms with Gasteiger partial charge in [-0.15, -0.1) is 0 Å². The summed E-state index contributed by atoms with van der Waals surface area (Å²) in [5, 5.41) is 28.8. The van der Waals surface area contributed by atoms with Crippen molar-refractivity contribution in [2.75, 3.05) is 17.5 Å². The van der Waals surface area contributed by atoms with Crippen LogP contribution in [0.15, 0.2) is 47.4 Å². The summed E-state index contributed by atoms with van der Waals surface area (Å²) in [6.07, 6.45) is -5.03. The Morgan fingerprint density at radius 1 is 1.03 bits per heavy atom. The third kappa shape index (κ3) is 5.24. The van der Waals surface area contributed by atoms with Crippen molar-refractivity contribution in [1.29, 1.82) is 0 Å². The first-order valence-corrected chi connectivity index (χ1v) is 12.0. The molecule has 9 heteroatoms. The second-order valence-corrected chi connectivity index (χ2v) is 10.4. The number of sulfonamides is 1. The van der Waals surface area contributed by atoms with Crippen molar-refractivity contribution < 1.29 is 33.2 Å². The lowest BCUT2D eigenvalue weighted by molar-refractivity contribution is -0.131. The van der Waals surface area contributed by atoms with Crippen LogP contribution in [0.1, 0.15) is 25.0 Å². The number of hydrogen-bond acceptors (Lipinski definition) is 7. The van der Waals surface area contributed by atoms with Gasteiger partial charge in [0.2, 0.25) is 0 Å². The summed E-state index contributed by atoms with van der Waals surface area (Å²) < 4.78 is 39.0. The summed E-state index contributed by atoms with van der Waals surface area (Å²) in [6.45, 7) is 8.03. The van der Waals surface area contributed by atoms with Crippen LogP contribution in [-0.4, -0.2) is 61.5 Å². The SMILES string of the molecule is Cc1ccc(N(CC(C)C)S(=O)(=O)c2ccc(OCC3OC(O)[C@H](O)[C@H]3O)cc2)c(C)c1. The highest BCUT2D eigenvalue weighted by Crippen LogP contribution is 2.29. The van der Waals surface area contributed by atoms with E-state index in [-0.39, 0.29) is 17.4 Å². The average Bonchev–Trinajstić information content (AvgIpc) is 2.98. The van der Waals surface area contributed by atoms with Crippen molar-refractivity contribution in [2.24, 2.45) is 5.92 Å². The fourth-order valence-electron chi connectivity index (χ4n) is 3.62. The van der Waals surface area contributed by atoms with E-state index in [1.165, 1.54) is 28.6 Å². The molecule has 0 saturated carbocycles. The molecule has 0 spiro atoms. The van der Waals surface area contributed by atoms with Gasteiger partial charge in [0.25, 0.3) is 10.0 Å². The van der Waals surface area contributed by atoms with Gasteiger partial charge < -0.3 is 24.8 Å². The minimum Gasteiger partial charge on any atom is -0.491 e. The number of aliphatic hydroxyl groups excluding tert-OH is 3. The van der Waals surface area contributed by atoms with E-state index in [1.54, 1.807) is 0 Å². The molecule has 0 aliphatic carbocycles. The van der Waals surface area contributed by atoms with Crippen LogP contribution in [0, 0.1) is 19.8 Å². The van der Waals surface area contributed by atoms with Gasteiger partial charge in [-0.2, -0.15) is 0 Å². The summed E-state index contributed by atoms with van der Waals surface area (Å²) in [5.41, 5.74) is 2.59. The lowest BCUT2D eigenvalue weighted by atomic mass is 10.1. The average molecular weight is 466 g/mol. The topological polar surface area (TPSA) is 117 Å². The predicted molar refractivity (Wildman–Crippen MR) is 120 cm³/mol. The van der Waals surface area contributed by atoms with Gasteiger partial charge in [-0.1, -0.05) is 31.5 Å². The number of aliphatic hydroxyl groups is 3. The highest BCUT2D eigenvalue weighted by molar-refractivity contribution is 7.92. The van der Waals surface area contributed by atoms with Crippen LogP contribution in [0.2, 0.25) is 0 Å². The summed E-state index contributed by atoms with van der Waals surface area (Å²) in [6, 6.07) is 11.7. The first-order chi connectivity index (χ1) is 15.0. The number of aryl methyl sites for hydroxylation is 2. The van der Waals surface area contributed by atoms with E-state index in [9.17, 15) is 23.7 Å². The number of rotatable bonds is 8. The molecular formula is C23H31NO7S. The first-order valence-electron chi connectivity index (χ1n) is 10.5. The van der Waals surface area contributed by atoms with Gasteiger partial charge in [0.1, 0.15) is 30.7 Å². The largest absolute Gasteiger partial charge is 0.491 e. The van der Waals surface area contributed by atoms with Gasteiger partial charge in [0, 0.05) is 6.54 Å². The second-order valence-electron chi connectivity index (χ2n) is 8.55. The third-order valence-corrected chi connectivity index (χ3v) is 7.11. The third-order valence-electron chi connectivity index (χ3n) is 5.32. The summed E-state index contributed by atoms with van der Waals surface area (Å²) in [7, 11) is -3.81. The van der Waals surface area contributed by atoms with E-state index in [0.29, 0.717) is 18.0 Å². The highest BCUT2D eigenvalue weighted by Gasteiger charge is 2.42. The van der Waals surface area contributed by atoms with Crippen molar-refractivity contribution in [3.8, 4) is 5.75 Å². The van der Waals surface area contributed by atoms with E-state index in [0.717, 1.165) is 11.1 Å². The zero-order valence-electron chi connectivity index (χ0n) is 18.7. The highest BCUT2D eigenvalue weighted by atomic mass is 32.2. The van der Waals surface area contributed by atoms with Crippen LogP contribution in [0.5, 0.6) is 5.75 Å². The van der Waals surface area contributed by atoms with E-state index in [2.05, 4.69) is 0 Å². The maximum atomic E-state index is 13.5. The Balaban J connectivity index is 1.79. The monoisotopic (exact) mass is 465 g/mol. The molecule has 1 aliphatic heterocycles. The second kappa shape index (κ2) is 9.76. The quantitative estimate of drug-likeness (QED) is 0.546. The normalized spacial score (nSPS) is 23.5. The lowest BCUT2D eigenvalue weighted by Gasteiger charge is -2.28. The molecule has 3 N–H and O–H groups in total. The van der Waals surface area contributed by atoms with Crippen molar-refractivity contribution in [3.63, 3.8) is 0 Å². The maximum absolute atomic E-state index is 13.5. The Morgan fingerprint density at radius 2 is 1.69 bits per heavy atom. The Kier molecular flexibility index (Phi) is 7.46. The van der Waals surface area contributed by atoms with Crippen LogP contribution < -0.4 is 9.04 Å². The van der Waals surface area contributed by atoms with Crippen LogP contribution in [0.4, 0.5) is 5.69 Å². The van der Waals surface area contributed by atoms with Gasteiger partial charge in [-0.25, -0.2) is 8.42 Å². The number of nitrogens with zero attached hydrogens (tertiary/aromatic N) is 1. The molecule has 0 amide bonds. The number of benzene rings is 2. The fraction of sp³-hybridized carbons (Fsp3) is 0.478. The van der Waals surface area contributed by atoms with Crippen molar-refractivity contribution >= 4 is 15.7 Å². The fourth-order valence-corrected chi connectivity index (χ4v) is 5.32. The molecule has 176 valence electrons. The zero-order chi connectivity index (χ0) is 23.6. The Morgan fingerprint density at radius 3 is 2.22 bits per heavy atom. The molecule has 8 nitrogen and oxygen atoms in total. The molecule has 32 heavy (non-hydrogen) atoms. The number of ether oxygens (including phenoxy) is 2. The molecule has 1 fully saturated rings. The number of hydrogen-bond donors (Lipinski definition) is 3. The Labute approximate surface area is 189 Å². The molecule has 0 bridgehead atoms. The smallest absolute Gasteiger partial charge is 0.264 e. The van der Waals surface area contributed by atoms with E-state index in [4.69, 9.17) is 9.47 Å². The molecule has 3 rings (SSSR count). The van der Waals surface area contributed by atoms with Crippen molar-refractivity contribution in [3.05, 3.63) is 53.6 Å². The van der Waals surface area contributed by atoms with Gasteiger partial charge in [-0.05, 0) is 55.7 Å². The molecule has 0 aromatic heterocycles. The molecule has 2 aromatic carbocycles. The van der Waals surface area contributed by atoms with Crippen LogP contribution in [0.25, 0.3) is 0 Å². The minimum atomic E-state index is -3.81. The zero-order valence-corrected chi connectivity index (χ0v) is 19.5. The first kappa shape index (κ1) is 24.5. The van der Waals surface area contributed by atoms with Crippen LogP contribution in [0.3, 0.4) is 0 Å². The van der Waals surface area contributed by atoms with Crippen molar-refractivity contribution in [2.45, 2.75) is 57.2 Å². The molecular weight excluding hydrogens is 434 g/mol. The van der Waals surface area contributed by atoms with Gasteiger partial charge >= 0.3 is 0 Å². The summed E-state index contributed by atoms with van der Waals surface area (Å²) in [5.74, 6) is 0.495. The van der Waals surface area contributed by atoms with E-state index in [1.807, 2.05) is 45.9 Å². The minimum absolute atomic E-state index is 0.108. The van der Waals surface area contributed by atoms with Crippen LogP contribution in [-0.2, 0) is 14.8 Å². The molecule has 1 saturated heterocycles. The Hall–Kier alpha value is -2.17. The molecule has 0 radical (unpaired) electrons. The van der Waals surface area contributed by atoms with E-state index >= 15 is 0 Å². The van der Waals surface area contributed by atoms with E-state index < -0.39 is 34.6 Å². The van der Waals surface area contributed by atoms with Crippen molar-refractivity contribution in [1.82, 2.24) is 0 Å². The molecule has 2 unspecified atom stereocenters.